The predicted octanol–water partition coefficient (Wildman–Crippen LogP) is 4.03. The molecule has 0 fully saturated rings. The molecule has 5 heteroatoms. The van der Waals surface area contributed by atoms with Crippen molar-refractivity contribution in [2.45, 2.75) is 12.3 Å². The minimum atomic E-state index is -1.14. The van der Waals surface area contributed by atoms with E-state index in [4.69, 9.17) is 11.6 Å². The van der Waals surface area contributed by atoms with Crippen LogP contribution in [0, 0.1) is 11.6 Å². The molecule has 2 nitrogen and oxygen atoms in total. The van der Waals surface area contributed by atoms with E-state index in [9.17, 15) is 18.7 Å². The number of hydrogen-bond acceptors (Lipinski definition) is 1. The second kappa shape index (κ2) is 6.01. The summed E-state index contributed by atoms with van der Waals surface area (Å²) in [5.41, 5.74) is 0.391. The summed E-state index contributed by atoms with van der Waals surface area (Å²) in [5, 5.41) is 9.59. The van der Waals surface area contributed by atoms with E-state index in [-0.39, 0.29) is 17.0 Å². The molecule has 2 aromatic carbocycles. The highest BCUT2D eigenvalue weighted by atomic mass is 35.5. The minimum Gasteiger partial charge on any atom is -0.481 e. The zero-order chi connectivity index (χ0) is 14.7. The molecule has 20 heavy (non-hydrogen) atoms. The zero-order valence-corrected chi connectivity index (χ0v) is 11.1. The third-order valence-electron chi connectivity index (χ3n) is 3.01. The molecule has 0 amide bonds. The van der Waals surface area contributed by atoms with Gasteiger partial charge in [0.15, 0.2) is 0 Å². The zero-order valence-electron chi connectivity index (χ0n) is 10.3. The number of aliphatic carboxylic acids is 1. The van der Waals surface area contributed by atoms with Gasteiger partial charge in [0, 0.05) is 5.02 Å². The Morgan fingerprint density at radius 3 is 2.55 bits per heavy atom. The molecule has 2 aromatic rings. The number of carboxylic acids is 1. The van der Waals surface area contributed by atoms with Crippen LogP contribution in [0.3, 0.4) is 0 Å². The van der Waals surface area contributed by atoms with Gasteiger partial charge in [0.1, 0.15) is 11.6 Å². The minimum absolute atomic E-state index is 0.0114. The van der Waals surface area contributed by atoms with Crippen LogP contribution < -0.4 is 0 Å². The average molecular weight is 297 g/mol. The quantitative estimate of drug-likeness (QED) is 0.925. The normalized spacial score (nSPS) is 12.2. The summed E-state index contributed by atoms with van der Waals surface area (Å²) >= 11 is 5.97. The van der Waals surface area contributed by atoms with Crippen LogP contribution in [0.5, 0.6) is 0 Å². The van der Waals surface area contributed by atoms with Gasteiger partial charge in [-0.3, -0.25) is 4.79 Å². The summed E-state index contributed by atoms with van der Waals surface area (Å²) in [7, 11) is 0. The van der Waals surface area contributed by atoms with Gasteiger partial charge in [-0.15, -0.1) is 0 Å². The fourth-order valence-electron chi connectivity index (χ4n) is 2.01. The predicted molar refractivity (Wildman–Crippen MR) is 71.9 cm³/mol. The third-order valence-corrected chi connectivity index (χ3v) is 3.35. The molecular weight excluding hydrogens is 286 g/mol. The van der Waals surface area contributed by atoms with Gasteiger partial charge in [0.05, 0.1) is 5.92 Å². The molecule has 0 heterocycles. The van der Waals surface area contributed by atoms with E-state index in [0.29, 0.717) is 5.56 Å². The smallest absolute Gasteiger partial charge is 0.311 e. The Balaban J connectivity index is 2.38. The summed E-state index contributed by atoms with van der Waals surface area (Å²) in [6, 6.07) is 9.43. The third kappa shape index (κ3) is 3.14. The molecule has 0 spiro atoms. The fraction of sp³-hybridized carbons (Fsp3) is 0.133. The van der Waals surface area contributed by atoms with E-state index in [2.05, 4.69) is 0 Å². The number of carbonyl (C=O) groups is 1. The molecule has 0 aliphatic heterocycles. The van der Waals surface area contributed by atoms with E-state index < -0.39 is 23.5 Å². The first-order valence-corrected chi connectivity index (χ1v) is 6.28. The summed E-state index contributed by atoms with van der Waals surface area (Å²) in [5.74, 6) is -3.41. The van der Waals surface area contributed by atoms with Crippen LogP contribution in [0.15, 0.2) is 42.5 Å². The van der Waals surface area contributed by atoms with Gasteiger partial charge in [-0.1, -0.05) is 29.8 Å². The Morgan fingerprint density at radius 2 is 1.90 bits per heavy atom. The van der Waals surface area contributed by atoms with Gasteiger partial charge in [-0.05, 0) is 41.8 Å². The average Bonchev–Trinajstić information content (AvgIpc) is 2.40. The molecule has 0 saturated heterocycles. The molecule has 0 aromatic heterocycles. The summed E-state index contributed by atoms with van der Waals surface area (Å²) in [6.07, 6.45) is -0.164. The monoisotopic (exact) mass is 296 g/mol. The van der Waals surface area contributed by atoms with Crippen molar-refractivity contribution in [1.29, 1.82) is 0 Å². The lowest BCUT2D eigenvalue weighted by Crippen LogP contribution is -2.15. The maximum absolute atomic E-state index is 13.6. The van der Waals surface area contributed by atoms with Crippen molar-refractivity contribution in [2.24, 2.45) is 0 Å². The highest BCUT2D eigenvalue weighted by Gasteiger charge is 2.24. The van der Waals surface area contributed by atoms with Gasteiger partial charge < -0.3 is 5.11 Å². The number of halogens is 3. The van der Waals surface area contributed by atoms with Crippen LogP contribution in [0.25, 0.3) is 0 Å². The van der Waals surface area contributed by atoms with E-state index in [1.54, 1.807) is 24.3 Å². The van der Waals surface area contributed by atoms with Gasteiger partial charge >= 0.3 is 5.97 Å². The Bertz CT molecular complexity index is 644. The van der Waals surface area contributed by atoms with Crippen molar-refractivity contribution in [3.8, 4) is 0 Å². The van der Waals surface area contributed by atoms with E-state index >= 15 is 0 Å². The Labute approximate surface area is 119 Å². The summed E-state index contributed by atoms with van der Waals surface area (Å²) in [6.45, 7) is 0. The number of rotatable bonds is 4. The van der Waals surface area contributed by atoms with Gasteiger partial charge in [-0.2, -0.15) is 0 Å². The van der Waals surface area contributed by atoms with Crippen LogP contribution >= 0.6 is 11.6 Å². The molecule has 0 aliphatic carbocycles. The van der Waals surface area contributed by atoms with Crippen LogP contribution in [0.4, 0.5) is 8.78 Å². The van der Waals surface area contributed by atoms with Crippen molar-refractivity contribution >= 4 is 17.6 Å². The van der Waals surface area contributed by atoms with Crippen LogP contribution in [-0.2, 0) is 11.2 Å². The highest BCUT2D eigenvalue weighted by Crippen LogP contribution is 2.28. The maximum Gasteiger partial charge on any atom is 0.311 e. The number of benzene rings is 2. The van der Waals surface area contributed by atoms with Crippen molar-refractivity contribution in [2.75, 3.05) is 0 Å². The first kappa shape index (κ1) is 14.5. The summed E-state index contributed by atoms with van der Waals surface area (Å²) < 4.78 is 26.8. The summed E-state index contributed by atoms with van der Waals surface area (Å²) in [4.78, 5) is 11.4. The van der Waals surface area contributed by atoms with Gasteiger partial charge in [0.2, 0.25) is 0 Å². The number of carboxylic acid groups (broad SMARTS) is 1. The first-order chi connectivity index (χ1) is 9.49. The molecule has 0 saturated carbocycles. The molecular formula is C15H11ClF2O2. The van der Waals surface area contributed by atoms with E-state index in [0.717, 1.165) is 18.2 Å². The lowest BCUT2D eigenvalue weighted by molar-refractivity contribution is -0.138. The molecule has 1 atom stereocenters. The Morgan fingerprint density at radius 1 is 1.20 bits per heavy atom. The molecule has 0 radical (unpaired) electrons. The van der Waals surface area contributed by atoms with Crippen molar-refractivity contribution < 1.29 is 18.7 Å². The number of hydrogen-bond donors (Lipinski definition) is 1. The van der Waals surface area contributed by atoms with Crippen LogP contribution in [0.1, 0.15) is 17.0 Å². The molecule has 1 N–H and O–H groups in total. The SMILES string of the molecule is O=C(O)C(Cc1cc(F)ccc1F)c1ccccc1Cl. The van der Waals surface area contributed by atoms with Crippen LogP contribution in [-0.4, -0.2) is 11.1 Å². The van der Waals surface area contributed by atoms with Crippen LogP contribution in [0.2, 0.25) is 5.02 Å². The highest BCUT2D eigenvalue weighted by molar-refractivity contribution is 6.31. The molecule has 0 bridgehead atoms. The largest absolute Gasteiger partial charge is 0.481 e. The maximum atomic E-state index is 13.6. The van der Waals surface area contributed by atoms with Gasteiger partial charge in [-0.25, -0.2) is 8.78 Å². The standard InChI is InChI=1S/C15H11ClF2O2/c16-13-4-2-1-3-11(13)12(15(19)20)8-9-7-10(17)5-6-14(9)18/h1-7,12H,8H2,(H,19,20). The van der Waals surface area contributed by atoms with E-state index in [1.165, 1.54) is 0 Å². The van der Waals surface area contributed by atoms with E-state index in [1.807, 2.05) is 0 Å². The Hall–Kier alpha value is -1.94. The first-order valence-electron chi connectivity index (χ1n) is 5.90. The second-order valence-corrected chi connectivity index (χ2v) is 4.76. The van der Waals surface area contributed by atoms with Gasteiger partial charge in [0.25, 0.3) is 0 Å². The topological polar surface area (TPSA) is 37.3 Å². The fourth-order valence-corrected chi connectivity index (χ4v) is 2.28. The second-order valence-electron chi connectivity index (χ2n) is 4.35. The van der Waals surface area contributed by atoms with Crippen molar-refractivity contribution in [1.82, 2.24) is 0 Å². The molecule has 0 aliphatic rings. The van der Waals surface area contributed by atoms with Crippen molar-refractivity contribution in [3.05, 3.63) is 70.2 Å². The molecule has 2 rings (SSSR count). The lowest BCUT2D eigenvalue weighted by atomic mass is 9.92. The molecule has 104 valence electrons. The Kier molecular flexibility index (Phi) is 4.35. The van der Waals surface area contributed by atoms with Crippen molar-refractivity contribution in [3.63, 3.8) is 0 Å². The lowest BCUT2D eigenvalue weighted by Gasteiger charge is -2.15. The molecule has 1 unspecified atom stereocenters.